The van der Waals surface area contributed by atoms with Gasteiger partial charge in [0.2, 0.25) is 5.91 Å². The second-order valence-corrected chi connectivity index (χ2v) is 3.82. The number of thioether (sulfide) groups is 1. The highest BCUT2D eigenvalue weighted by Crippen LogP contribution is 2.10. The van der Waals surface area contributed by atoms with Crippen molar-refractivity contribution in [2.24, 2.45) is 0 Å². The number of nitrogens with one attached hydrogen (secondary N) is 2. The molecule has 0 spiro atoms. The Morgan fingerprint density at radius 2 is 2.50 bits per heavy atom. The average Bonchev–Trinajstić information content (AvgIpc) is 2.22. The lowest BCUT2D eigenvalue weighted by atomic mass is 10.6. The molecule has 0 aliphatic rings. The first-order valence-corrected chi connectivity index (χ1v) is 5.47. The Morgan fingerprint density at radius 1 is 1.75 bits per heavy atom. The van der Waals surface area contributed by atoms with E-state index in [9.17, 15) is 9.59 Å². The minimum Gasteiger partial charge on any atom is -0.383 e. The summed E-state index contributed by atoms with van der Waals surface area (Å²) in [5, 5.41) is 2.94. The van der Waals surface area contributed by atoms with E-state index in [2.05, 4.69) is 21.9 Å². The predicted octanol–water partition coefficient (Wildman–Crippen LogP) is -0.254. The Morgan fingerprint density at radius 3 is 3.12 bits per heavy atom. The molecule has 0 aliphatic carbocycles. The van der Waals surface area contributed by atoms with Crippen molar-refractivity contribution in [2.45, 2.75) is 5.16 Å². The number of aromatic amines is 1. The maximum Gasteiger partial charge on any atom is 0.253 e. The van der Waals surface area contributed by atoms with E-state index < -0.39 is 0 Å². The number of carbonyl (C=O) groups excluding carboxylic acids is 1. The maximum atomic E-state index is 11.2. The minimum absolute atomic E-state index is 0.137. The number of anilines is 1. The van der Waals surface area contributed by atoms with Crippen LogP contribution in [0.15, 0.2) is 28.7 Å². The van der Waals surface area contributed by atoms with Crippen molar-refractivity contribution in [1.29, 1.82) is 0 Å². The maximum absolute atomic E-state index is 11.2. The third kappa shape index (κ3) is 4.18. The van der Waals surface area contributed by atoms with E-state index in [1.54, 1.807) is 6.08 Å². The van der Waals surface area contributed by atoms with Crippen molar-refractivity contribution >= 4 is 23.5 Å². The Bertz CT molecular complexity index is 443. The van der Waals surface area contributed by atoms with Gasteiger partial charge in [-0.3, -0.25) is 9.59 Å². The molecule has 1 aromatic heterocycles. The highest BCUT2D eigenvalue weighted by molar-refractivity contribution is 7.99. The summed E-state index contributed by atoms with van der Waals surface area (Å²) in [7, 11) is 0. The van der Waals surface area contributed by atoms with Crippen molar-refractivity contribution in [3.63, 3.8) is 0 Å². The lowest BCUT2D eigenvalue weighted by Gasteiger charge is -2.02. The third-order valence-electron chi connectivity index (χ3n) is 1.52. The van der Waals surface area contributed by atoms with Gasteiger partial charge in [-0.2, -0.15) is 0 Å². The molecule has 4 N–H and O–H groups in total. The van der Waals surface area contributed by atoms with Crippen LogP contribution in [0.4, 0.5) is 5.82 Å². The first-order valence-electron chi connectivity index (χ1n) is 4.49. The van der Waals surface area contributed by atoms with Crippen LogP contribution in [0.1, 0.15) is 0 Å². The molecule has 1 rings (SSSR count). The summed E-state index contributed by atoms with van der Waals surface area (Å²) in [6.45, 7) is 3.89. The van der Waals surface area contributed by atoms with Crippen molar-refractivity contribution in [3.05, 3.63) is 29.1 Å². The monoisotopic (exact) mass is 240 g/mol. The summed E-state index contributed by atoms with van der Waals surface area (Å²) in [6, 6.07) is 1.18. The van der Waals surface area contributed by atoms with Gasteiger partial charge in [-0.1, -0.05) is 17.8 Å². The zero-order valence-corrected chi connectivity index (χ0v) is 9.34. The van der Waals surface area contributed by atoms with Crippen molar-refractivity contribution in [1.82, 2.24) is 15.3 Å². The summed E-state index contributed by atoms with van der Waals surface area (Å²) in [5.41, 5.74) is 5.06. The van der Waals surface area contributed by atoms with Gasteiger partial charge in [0.05, 0.1) is 5.75 Å². The SMILES string of the molecule is C=CCNC(=O)CSc1nc(N)cc(=O)[nH]1. The van der Waals surface area contributed by atoms with E-state index >= 15 is 0 Å². The van der Waals surface area contributed by atoms with Gasteiger partial charge in [-0.25, -0.2) is 4.98 Å². The van der Waals surface area contributed by atoms with E-state index in [-0.39, 0.29) is 23.0 Å². The molecule has 86 valence electrons. The van der Waals surface area contributed by atoms with Crippen LogP contribution in [-0.4, -0.2) is 28.2 Å². The van der Waals surface area contributed by atoms with Crippen LogP contribution in [0.5, 0.6) is 0 Å². The van der Waals surface area contributed by atoms with Crippen molar-refractivity contribution in [2.75, 3.05) is 18.0 Å². The van der Waals surface area contributed by atoms with Crippen LogP contribution >= 0.6 is 11.8 Å². The third-order valence-corrected chi connectivity index (χ3v) is 2.40. The van der Waals surface area contributed by atoms with E-state index in [0.29, 0.717) is 11.7 Å². The fourth-order valence-corrected chi connectivity index (χ4v) is 1.61. The fourth-order valence-electron chi connectivity index (χ4n) is 0.893. The van der Waals surface area contributed by atoms with Crippen molar-refractivity contribution < 1.29 is 4.79 Å². The number of aromatic nitrogens is 2. The van der Waals surface area contributed by atoms with Gasteiger partial charge in [-0.05, 0) is 0 Å². The average molecular weight is 240 g/mol. The Balaban J connectivity index is 2.51. The van der Waals surface area contributed by atoms with Gasteiger partial charge in [0.1, 0.15) is 5.82 Å². The number of amides is 1. The van der Waals surface area contributed by atoms with Crippen LogP contribution in [0.2, 0.25) is 0 Å². The topological polar surface area (TPSA) is 101 Å². The molecule has 0 saturated carbocycles. The van der Waals surface area contributed by atoms with Gasteiger partial charge in [0, 0.05) is 12.6 Å². The zero-order chi connectivity index (χ0) is 12.0. The highest BCUT2D eigenvalue weighted by atomic mass is 32.2. The predicted molar refractivity (Wildman–Crippen MR) is 63.2 cm³/mol. The first kappa shape index (κ1) is 12.3. The smallest absolute Gasteiger partial charge is 0.253 e. The van der Waals surface area contributed by atoms with Gasteiger partial charge >= 0.3 is 0 Å². The quantitative estimate of drug-likeness (QED) is 0.374. The van der Waals surface area contributed by atoms with E-state index in [4.69, 9.17) is 5.73 Å². The molecule has 1 amide bonds. The summed E-state index contributed by atoms with van der Waals surface area (Å²) in [5.74, 6) is 0.146. The van der Waals surface area contributed by atoms with Crippen LogP contribution in [0.25, 0.3) is 0 Å². The molecule has 0 aliphatic heterocycles. The van der Waals surface area contributed by atoms with E-state index in [0.717, 1.165) is 11.8 Å². The van der Waals surface area contributed by atoms with Gasteiger partial charge in [0.15, 0.2) is 5.16 Å². The largest absolute Gasteiger partial charge is 0.383 e. The standard InChI is InChI=1S/C9H12N4O2S/c1-2-3-11-8(15)5-16-9-12-6(10)4-7(14)13-9/h2,4H,1,3,5H2,(H,11,15)(H3,10,12,13,14). The lowest BCUT2D eigenvalue weighted by molar-refractivity contribution is -0.118. The number of rotatable bonds is 5. The van der Waals surface area contributed by atoms with Crippen LogP contribution in [0, 0.1) is 0 Å². The molecule has 0 fully saturated rings. The first-order chi connectivity index (χ1) is 7.61. The summed E-state index contributed by atoms with van der Waals surface area (Å²) in [6.07, 6.45) is 1.59. The molecule has 0 saturated heterocycles. The number of hydrogen-bond donors (Lipinski definition) is 3. The van der Waals surface area contributed by atoms with Gasteiger partial charge in [0.25, 0.3) is 5.56 Å². The second kappa shape index (κ2) is 5.96. The van der Waals surface area contributed by atoms with E-state index in [1.807, 2.05) is 0 Å². The summed E-state index contributed by atoms with van der Waals surface area (Å²) >= 11 is 1.11. The minimum atomic E-state index is -0.332. The molecule has 0 atom stereocenters. The zero-order valence-electron chi connectivity index (χ0n) is 8.53. The molecule has 6 nitrogen and oxygen atoms in total. The summed E-state index contributed by atoms with van der Waals surface area (Å²) in [4.78, 5) is 28.6. The van der Waals surface area contributed by atoms with Crippen LogP contribution in [-0.2, 0) is 4.79 Å². The van der Waals surface area contributed by atoms with Gasteiger partial charge in [-0.15, -0.1) is 6.58 Å². The van der Waals surface area contributed by atoms with Crippen LogP contribution in [0.3, 0.4) is 0 Å². The molecule has 0 aromatic carbocycles. The molecule has 16 heavy (non-hydrogen) atoms. The number of nitrogens with two attached hydrogens (primary N) is 1. The number of carbonyl (C=O) groups is 1. The molecule has 0 bridgehead atoms. The summed E-state index contributed by atoms with van der Waals surface area (Å²) < 4.78 is 0. The Kier molecular flexibility index (Phi) is 4.59. The number of hydrogen-bond acceptors (Lipinski definition) is 5. The molecule has 0 radical (unpaired) electrons. The molecule has 0 unspecified atom stereocenters. The lowest BCUT2D eigenvalue weighted by Crippen LogP contribution is -2.25. The fraction of sp³-hybridized carbons (Fsp3) is 0.222. The molecule has 7 heteroatoms. The Hall–Kier alpha value is -1.76. The van der Waals surface area contributed by atoms with Gasteiger partial charge < -0.3 is 16.0 Å². The number of nitrogens with zero attached hydrogens (tertiary/aromatic N) is 1. The van der Waals surface area contributed by atoms with E-state index in [1.165, 1.54) is 6.07 Å². The Labute approximate surface area is 96.3 Å². The van der Waals surface area contributed by atoms with Crippen LogP contribution < -0.4 is 16.6 Å². The molecule has 1 heterocycles. The molecular formula is C9H12N4O2S. The number of H-pyrrole nitrogens is 1. The molecular weight excluding hydrogens is 228 g/mol. The highest BCUT2D eigenvalue weighted by Gasteiger charge is 2.04. The molecule has 1 aromatic rings. The van der Waals surface area contributed by atoms with Crippen molar-refractivity contribution in [3.8, 4) is 0 Å². The normalized spacial score (nSPS) is 9.75. The second-order valence-electron chi connectivity index (χ2n) is 2.86. The number of nitrogen functional groups attached to an aromatic ring is 1.